The number of carbonyl (C=O) groups is 1. The molecule has 0 saturated carbocycles. The first-order chi connectivity index (χ1) is 14.3. The molecule has 2 N–H and O–H groups in total. The number of hydrogen-bond donors (Lipinski definition) is 2. The number of tetrazole rings is 1. The van der Waals surface area contributed by atoms with E-state index in [2.05, 4.69) is 26.2 Å². The van der Waals surface area contributed by atoms with E-state index >= 15 is 0 Å². The molecule has 0 unspecified atom stereocenters. The third-order valence-electron chi connectivity index (χ3n) is 5.01. The Hall–Kier alpha value is -4.08. The molecular weight excluding hydrogens is 386 g/mol. The maximum absolute atomic E-state index is 13.3. The van der Waals surface area contributed by atoms with E-state index in [1.165, 1.54) is 16.8 Å². The Balaban J connectivity index is 1.75. The van der Waals surface area contributed by atoms with Crippen molar-refractivity contribution in [2.24, 2.45) is 0 Å². The van der Waals surface area contributed by atoms with Crippen molar-refractivity contribution < 1.29 is 9.72 Å². The van der Waals surface area contributed by atoms with Gasteiger partial charge in [-0.05, 0) is 60.5 Å². The molecule has 1 atom stereocenters. The number of amides is 1. The second kappa shape index (κ2) is 7.39. The molecule has 0 bridgehead atoms. The van der Waals surface area contributed by atoms with Crippen molar-refractivity contribution in [3.05, 3.63) is 80.5 Å². The average molecular weight is 405 g/mol. The zero-order valence-electron chi connectivity index (χ0n) is 16.6. The summed E-state index contributed by atoms with van der Waals surface area (Å²) in [5.41, 5.74) is 4.39. The van der Waals surface area contributed by atoms with Gasteiger partial charge in [-0.1, -0.05) is 22.8 Å². The topological polar surface area (TPSA) is 128 Å². The van der Waals surface area contributed by atoms with E-state index in [0.29, 0.717) is 28.5 Å². The molecule has 0 spiro atoms. The first kappa shape index (κ1) is 19.2. The number of carbonyl (C=O) groups excluding carboxylic acids is 1. The van der Waals surface area contributed by atoms with Gasteiger partial charge in [0, 0.05) is 23.5 Å². The number of anilines is 2. The molecule has 1 aliphatic heterocycles. The van der Waals surface area contributed by atoms with Crippen LogP contribution in [0.5, 0.6) is 0 Å². The Morgan fingerprint density at radius 2 is 1.90 bits per heavy atom. The van der Waals surface area contributed by atoms with Crippen LogP contribution >= 0.6 is 0 Å². The Bertz CT molecular complexity index is 1180. The maximum atomic E-state index is 13.3. The number of rotatable bonds is 4. The number of nitro benzene ring substituents is 1. The van der Waals surface area contributed by atoms with E-state index in [1.807, 2.05) is 32.0 Å². The number of benzene rings is 2. The molecular formula is C20H19N7O3. The van der Waals surface area contributed by atoms with Crippen LogP contribution in [0.4, 0.5) is 17.3 Å². The van der Waals surface area contributed by atoms with Crippen LogP contribution in [0, 0.1) is 24.0 Å². The average Bonchev–Trinajstić information content (AvgIpc) is 3.17. The van der Waals surface area contributed by atoms with Crippen LogP contribution in [0.1, 0.15) is 29.7 Å². The maximum Gasteiger partial charge on any atom is 0.269 e. The van der Waals surface area contributed by atoms with Gasteiger partial charge in [-0.3, -0.25) is 14.9 Å². The number of fused-ring (bicyclic) bond motifs is 1. The van der Waals surface area contributed by atoms with Crippen LogP contribution in [-0.2, 0) is 4.79 Å². The minimum Gasteiger partial charge on any atom is -0.326 e. The van der Waals surface area contributed by atoms with Gasteiger partial charge in [0.15, 0.2) is 0 Å². The second-order valence-corrected chi connectivity index (χ2v) is 7.13. The van der Waals surface area contributed by atoms with E-state index < -0.39 is 11.0 Å². The molecule has 0 radical (unpaired) electrons. The first-order valence-corrected chi connectivity index (χ1v) is 9.24. The molecule has 152 valence electrons. The van der Waals surface area contributed by atoms with Gasteiger partial charge in [0.05, 0.1) is 10.5 Å². The van der Waals surface area contributed by atoms with Crippen LogP contribution in [0.2, 0.25) is 0 Å². The molecule has 0 aliphatic carbocycles. The molecule has 2 aromatic carbocycles. The number of nitrogens with zero attached hydrogens (tertiary/aromatic N) is 5. The predicted octanol–water partition coefficient (Wildman–Crippen LogP) is 3.13. The van der Waals surface area contributed by atoms with E-state index in [-0.39, 0.29) is 11.6 Å². The molecule has 0 saturated heterocycles. The van der Waals surface area contributed by atoms with Gasteiger partial charge in [0.1, 0.15) is 6.04 Å². The Morgan fingerprint density at radius 1 is 1.17 bits per heavy atom. The largest absolute Gasteiger partial charge is 0.326 e. The number of hydrogen-bond acceptors (Lipinski definition) is 7. The number of aromatic nitrogens is 4. The van der Waals surface area contributed by atoms with E-state index in [0.717, 1.165) is 11.1 Å². The van der Waals surface area contributed by atoms with Crippen molar-refractivity contribution in [3.8, 4) is 0 Å². The third-order valence-corrected chi connectivity index (χ3v) is 5.01. The predicted molar refractivity (Wildman–Crippen MR) is 110 cm³/mol. The summed E-state index contributed by atoms with van der Waals surface area (Å²) in [6, 6.07) is 11.2. The lowest BCUT2D eigenvalue weighted by molar-refractivity contribution is -0.384. The number of nitrogens with one attached hydrogen (secondary N) is 2. The highest BCUT2D eigenvalue weighted by atomic mass is 16.6. The van der Waals surface area contributed by atoms with Gasteiger partial charge in [0.2, 0.25) is 5.95 Å². The van der Waals surface area contributed by atoms with Crippen LogP contribution in [0.3, 0.4) is 0 Å². The number of aryl methyl sites for hydroxylation is 2. The van der Waals surface area contributed by atoms with Crippen LogP contribution < -0.4 is 10.6 Å². The van der Waals surface area contributed by atoms with Gasteiger partial charge >= 0.3 is 0 Å². The van der Waals surface area contributed by atoms with Gasteiger partial charge in [0.25, 0.3) is 11.6 Å². The third kappa shape index (κ3) is 3.39. The lowest BCUT2D eigenvalue weighted by Gasteiger charge is -2.28. The summed E-state index contributed by atoms with van der Waals surface area (Å²) in [4.78, 5) is 23.9. The van der Waals surface area contributed by atoms with Crippen molar-refractivity contribution in [3.63, 3.8) is 0 Å². The lowest BCUT2D eigenvalue weighted by atomic mass is 9.94. The van der Waals surface area contributed by atoms with E-state index in [4.69, 9.17) is 0 Å². The quantitative estimate of drug-likeness (QED) is 0.504. The summed E-state index contributed by atoms with van der Waals surface area (Å²) in [6.07, 6.45) is 0. The zero-order valence-corrected chi connectivity index (χ0v) is 16.6. The highest BCUT2D eigenvalue weighted by Gasteiger charge is 2.34. The van der Waals surface area contributed by atoms with Crippen LogP contribution in [0.25, 0.3) is 0 Å². The Kier molecular flexibility index (Phi) is 4.74. The summed E-state index contributed by atoms with van der Waals surface area (Å²) in [5.74, 6) is 0.0791. The van der Waals surface area contributed by atoms with Gasteiger partial charge in [-0.2, -0.15) is 4.68 Å². The molecule has 10 heteroatoms. The molecule has 4 rings (SSSR count). The molecule has 0 fully saturated rings. The summed E-state index contributed by atoms with van der Waals surface area (Å²) in [5, 5.41) is 28.7. The standard InChI is InChI=1S/C20H19N7O3/c1-11-4-9-16(12(2)10-11)22-19(28)17-13(3)21-20-23-24-25-26(20)18(17)14-5-7-15(8-6-14)27(29)30/h4-10,18H,1-3H3,(H,22,28)(H,21,23,25)/t18-/m1/s1. The van der Waals surface area contributed by atoms with Crippen molar-refractivity contribution in [2.45, 2.75) is 26.8 Å². The highest BCUT2D eigenvalue weighted by Crippen LogP contribution is 2.35. The Labute approximate surface area is 171 Å². The van der Waals surface area contributed by atoms with Gasteiger partial charge in [-0.25, -0.2) is 0 Å². The fourth-order valence-electron chi connectivity index (χ4n) is 3.54. The number of allylic oxidation sites excluding steroid dienone is 1. The molecule has 1 amide bonds. The van der Waals surface area contributed by atoms with Crippen molar-refractivity contribution in [1.29, 1.82) is 0 Å². The molecule has 10 nitrogen and oxygen atoms in total. The van der Waals surface area contributed by atoms with Crippen LogP contribution in [-0.4, -0.2) is 31.0 Å². The second-order valence-electron chi connectivity index (χ2n) is 7.13. The van der Waals surface area contributed by atoms with Gasteiger partial charge < -0.3 is 10.6 Å². The summed E-state index contributed by atoms with van der Waals surface area (Å²) < 4.78 is 1.49. The monoisotopic (exact) mass is 405 g/mol. The Morgan fingerprint density at radius 3 is 2.57 bits per heavy atom. The normalized spacial score (nSPS) is 15.4. The van der Waals surface area contributed by atoms with Crippen LogP contribution in [0.15, 0.2) is 53.7 Å². The highest BCUT2D eigenvalue weighted by molar-refractivity contribution is 6.06. The number of non-ortho nitro benzene ring substituents is 1. The summed E-state index contributed by atoms with van der Waals surface area (Å²) >= 11 is 0. The molecule has 2 heterocycles. The minimum atomic E-state index is -0.636. The fourth-order valence-corrected chi connectivity index (χ4v) is 3.54. The van der Waals surface area contributed by atoms with Crippen molar-refractivity contribution in [1.82, 2.24) is 20.2 Å². The lowest BCUT2D eigenvalue weighted by Crippen LogP contribution is -2.31. The summed E-state index contributed by atoms with van der Waals surface area (Å²) in [7, 11) is 0. The zero-order chi connectivity index (χ0) is 21.4. The smallest absolute Gasteiger partial charge is 0.269 e. The number of nitro groups is 1. The van der Waals surface area contributed by atoms with Crippen molar-refractivity contribution >= 4 is 23.2 Å². The van der Waals surface area contributed by atoms with E-state index in [9.17, 15) is 14.9 Å². The molecule has 1 aliphatic rings. The molecule has 1 aromatic heterocycles. The molecule has 30 heavy (non-hydrogen) atoms. The summed E-state index contributed by atoms with van der Waals surface area (Å²) in [6.45, 7) is 5.68. The fraction of sp³-hybridized carbons (Fsp3) is 0.200. The first-order valence-electron chi connectivity index (χ1n) is 9.24. The SMILES string of the molecule is CC1=C(C(=O)Nc2ccc(C)cc2C)[C@@H](c2ccc([N+](=O)[O-])cc2)n2nnnc2N1. The van der Waals surface area contributed by atoms with Gasteiger partial charge in [-0.15, -0.1) is 0 Å². The van der Waals surface area contributed by atoms with Crippen molar-refractivity contribution in [2.75, 3.05) is 10.6 Å². The molecule has 3 aromatic rings. The minimum absolute atomic E-state index is 0.0355. The van der Waals surface area contributed by atoms with E-state index in [1.54, 1.807) is 19.1 Å².